The van der Waals surface area contributed by atoms with Gasteiger partial charge in [0.15, 0.2) is 0 Å². The van der Waals surface area contributed by atoms with Gasteiger partial charge in [0, 0.05) is 25.7 Å². The van der Waals surface area contributed by atoms with E-state index < -0.39 is 24.3 Å². The highest BCUT2D eigenvalue weighted by Crippen LogP contribution is 2.33. The summed E-state index contributed by atoms with van der Waals surface area (Å²) in [6, 6.07) is 2.79. The Morgan fingerprint density at radius 3 is 2.14 bits per heavy atom. The summed E-state index contributed by atoms with van der Waals surface area (Å²) >= 11 is 1.79. The molecule has 0 radical (unpaired) electrons. The topological polar surface area (TPSA) is 99.5 Å². The predicted molar refractivity (Wildman–Crippen MR) is 120 cm³/mol. The van der Waals surface area contributed by atoms with E-state index in [1.807, 2.05) is 0 Å². The highest BCUT2D eigenvalue weighted by Gasteiger charge is 2.43. The lowest BCUT2D eigenvalue weighted by atomic mass is 10.1. The number of nitrogens with zero attached hydrogens (tertiary/aromatic N) is 2. The summed E-state index contributed by atoms with van der Waals surface area (Å²) in [7, 11) is 0. The van der Waals surface area contributed by atoms with Crippen molar-refractivity contribution in [3.8, 4) is 0 Å². The molecular weight excluding hydrogens is 534 g/mol. The van der Waals surface area contributed by atoms with Gasteiger partial charge in [-0.3, -0.25) is 4.90 Å². The number of fused-ring (bicyclic) bond motifs is 1. The Balaban J connectivity index is 0.000000286. The fourth-order valence-corrected chi connectivity index (χ4v) is 4.98. The highest BCUT2D eigenvalue weighted by atomic mass is 32.1. The molecule has 3 atom stereocenters. The van der Waals surface area contributed by atoms with Gasteiger partial charge < -0.3 is 24.6 Å². The molecule has 1 saturated carbocycles. The fourth-order valence-electron chi connectivity index (χ4n) is 4.32. The third-order valence-electron chi connectivity index (χ3n) is 6.04. The average molecular weight is 565 g/mol. The van der Waals surface area contributed by atoms with E-state index in [1.165, 1.54) is 37.9 Å². The molecule has 212 valence electrons. The number of carboxylic acid groups (broad SMARTS) is 2. The lowest BCUT2D eigenvalue weighted by Gasteiger charge is -2.39. The van der Waals surface area contributed by atoms with Crippen molar-refractivity contribution < 1.29 is 55.6 Å². The largest absolute Gasteiger partial charge is 0.490 e. The Morgan fingerprint density at radius 2 is 1.62 bits per heavy atom. The molecule has 2 N–H and O–H groups in total. The van der Waals surface area contributed by atoms with Crippen LogP contribution in [0.4, 0.5) is 26.3 Å². The number of ether oxygens (including phenoxy) is 2. The van der Waals surface area contributed by atoms with Crippen molar-refractivity contribution >= 4 is 23.3 Å². The van der Waals surface area contributed by atoms with Gasteiger partial charge in [-0.2, -0.15) is 37.7 Å². The van der Waals surface area contributed by atoms with Gasteiger partial charge in [-0.15, -0.1) is 0 Å². The first kappa shape index (κ1) is 31.3. The number of hydrogen-bond acceptors (Lipinski definition) is 7. The molecule has 1 aromatic heterocycles. The van der Waals surface area contributed by atoms with Crippen LogP contribution in [0, 0.1) is 0 Å². The average Bonchev–Trinajstić information content (AvgIpc) is 3.57. The minimum atomic E-state index is -5.08. The van der Waals surface area contributed by atoms with Crippen LogP contribution in [0.15, 0.2) is 16.8 Å². The van der Waals surface area contributed by atoms with Crippen molar-refractivity contribution in [2.45, 2.75) is 62.8 Å². The summed E-state index contributed by atoms with van der Waals surface area (Å²) in [5.74, 6) is -5.51. The first-order valence-corrected chi connectivity index (χ1v) is 12.5. The van der Waals surface area contributed by atoms with Gasteiger partial charge in [0.05, 0.1) is 25.4 Å². The standard InChI is InChI=1S/C18H28N2O2S.2C2HF3O2/c1-2-7-19(6-1)8-10-21-17-4-3-16-18(17)22-11-9-20(16)13-15-5-12-23-14-15;2*3-2(4,5)1(6)7/h5,12,14,16-18H,1-4,6-11,13H2;2*(H,6,7)/t16-,17+,18+;;/m0../s1. The third-order valence-corrected chi connectivity index (χ3v) is 6.77. The number of aliphatic carboxylic acids is 2. The number of morpholine rings is 1. The van der Waals surface area contributed by atoms with Crippen molar-refractivity contribution in [1.82, 2.24) is 9.80 Å². The first-order valence-electron chi connectivity index (χ1n) is 11.6. The van der Waals surface area contributed by atoms with Crippen molar-refractivity contribution in [2.75, 3.05) is 39.4 Å². The molecule has 0 aromatic carbocycles. The van der Waals surface area contributed by atoms with Crippen LogP contribution < -0.4 is 0 Å². The van der Waals surface area contributed by atoms with Crippen LogP contribution in [0.25, 0.3) is 0 Å². The Kier molecular flexibility index (Phi) is 12.1. The summed E-state index contributed by atoms with van der Waals surface area (Å²) in [4.78, 5) is 22.9. The maximum atomic E-state index is 10.6. The second kappa shape index (κ2) is 14.3. The number of thiophene rings is 1. The van der Waals surface area contributed by atoms with Crippen LogP contribution in [0.5, 0.6) is 0 Å². The molecule has 2 saturated heterocycles. The van der Waals surface area contributed by atoms with E-state index in [0.29, 0.717) is 12.1 Å². The molecule has 3 heterocycles. The van der Waals surface area contributed by atoms with Gasteiger partial charge in [-0.05, 0) is 61.2 Å². The zero-order valence-corrected chi connectivity index (χ0v) is 20.7. The van der Waals surface area contributed by atoms with E-state index in [1.54, 1.807) is 11.3 Å². The molecule has 2 aliphatic heterocycles. The Labute approximate surface area is 213 Å². The van der Waals surface area contributed by atoms with Crippen LogP contribution in [0.3, 0.4) is 0 Å². The molecule has 4 rings (SSSR count). The summed E-state index contributed by atoms with van der Waals surface area (Å²) in [5, 5.41) is 18.7. The molecule has 8 nitrogen and oxygen atoms in total. The molecule has 37 heavy (non-hydrogen) atoms. The minimum Gasteiger partial charge on any atom is -0.475 e. The van der Waals surface area contributed by atoms with Crippen molar-refractivity contribution in [1.29, 1.82) is 0 Å². The molecule has 0 amide bonds. The number of carboxylic acids is 2. The van der Waals surface area contributed by atoms with Gasteiger partial charge in [-0.1, -0.05) is 0 Å². The Morgan fingerprint density at radius 1 is 1.03 bits per heavy atom. The van der Waals surface area contributed by atoms with E-state index in [-0.39, 0.29) is 6.10 Å². The molecule has 0 bridgehead atoms. The van der Waals surface area contributed by atoms with E-state index in [2.05, 4.69) is 26.6 Å². The summed E-state index contributed by atoms with van der Waals surface area (Å²) in [6.07, 6.45) is -4.52. The lowest BCUT2D eigenvalue weighted by Crippen LogP contribution is -2.51. The van der Waals surface area contributed by atoms with Gasteiger partial charge >= 0.3 is 24.3 Å². The summed E-state index contributed by atoms with van der Waals surface area (Å²) in [6.45, 7) is 7.42. The van der Waals surface area contributed by atoms with Crippen molar-refractivity contribution in [3.05, 3.63) is 22.4 Å². The predicted octanol–water partition coefficient (Wildman–Crippen LogP) is 3.86. The quantitative estimate of drug-likeness (QED) is 0.503. The van der Waals surface area contributed by atoms with Crippen LogP contribution >= 0.6 is 11.3 Å². The number of alkyl halides is 6. The molecule has 1 aliphatic carbocycles. The minimum absolute atomic E-state index is 0.279. The van der Waals surface area contributed by atoms with Gasteiger partial charge in [0.1, 0.15) is 0 Å². The van der Waals surface area contributed by atoms with Gasteiger partial charge in [0.25, 0.3) is 0 Å². The SMILES string of the molecule is O=C(O)C(F)(F)F.O=C(O)C(F)(F)F.c1cc(CN2CCO[C@H]3[C@H](OCCN4CCCC4)CC[C@@H]32)cs1. The van der Waals surface area contributed by atoms with Crippen LogP contribution in [0.2, 0.25) is 0 Å². The maximum absolute atomic E-state index is 10.6. The normalized spacial score (nSPS) is 24.4. The van der Waals surface area contributed by atoms with E-state index >= 15 is 0 Å². The van der Waals surface area contributed by atoms with E-state index in [9.17, 15) is 26.3 Å². The van der Waals surface area contributed by atoms with E-state index in [4.69, 9.17) is 29.3 Å². The molecule has 0 spiro atoms. The third kappa shape index (κ3) is 10.8. The Bertz CT molecular complexity index is 809. The first-order chi connectivity index (χ1) is 17.3. The molecule has 3 aliphatic rings. The number of carbonyl (C=O) groups is 2. The van der Waals surface area contributed by atoms with E-state index in [0.717, 1.165) is 39.3 Å². The molecule has 1 aromatic rings. The number of hydrogen-bond donors (Lipinski definition) is 2. The van der Waals surface area contributed by atoms with Gasteiger partial charge in [0.2, 0.25) is 0 Å². The summed E-state index contributed by atoms with van der Waals surface area (Å²) in [5.41, 5.74) is 1.44. The van der Waals surface area contributed by atoms with Gasteiger partial charge in [-0.25, -0.2) is 9.59 Å². The van der Waals surface area contributed by atoms with Crippen LogP contribution in [0.1, 0.15) is 31.2 Å². The number of likely N-dealkylation sites (tertiary alicyclic amines) is 1. The highest BCUT2D eigenvalue weighted by molar-refractivity contribution is 7.07. The van der Waals surface area contributed by atoms with Crippen molar-refractivity contribution in [3.63, 3.8) is 0 Å². The second-order valence-electron chi connectivity index (χ2n) is 8.65. The zero-order chi connectivity index (χ0) is 27.6. The Hall–Kier alpha value is -1.94. The number of rotatable bonds is 6. The molecule has 15 heteroatoms. The van der Waals surface area contributed by atoms with Crippen LogP contribution in [-0.4, -0.2) is 102 Å². The number of halogens is 6. The second-order valence-corrected chi connectivity index (χ2v) is 9.43. The summed E-state index contributed by atoms with van der Waals surface area (Å²) < 4.78 is 75.8. The maximum Gasteiger partial charge on any atom is 0.490 e. The molecule has 3 fully saturated rings. The molecular formula is C22H30F6N2O6S. The monoisotopic (exact) mass is 564 g/mol. The molecule has 0 unspecified atom stereocenters. The zero-order valence-electron chi connectivity index (χ0n) is 19.8. The van der Waals surface area contributed by atoms with Crippen molar-refractivity contribution in [2.24, 2.45) is 0 Å². The lowest BCUT2D eigenvalue weighted by molar-refractivity contribution is -0.193. The fraction of sp³-hybridized carbons (Fsp3) is 0.727. The smallest absolute Gasteiger partial charge is 0.475 e. The van der Waals surface area contributed by atoms with Crippen LogP contribution in [-0.2, 0) is 25.6 Å².